The molecule has 0 radical (unpaired) electrons. The minimum absolute atomic E-state index is 0.00367. The normalized spacial score (nSPS) is 14.3. The monoisotopic (exact) mass is 1210 g/mol. The highest BCUT2D eigenvalue weighted by atomic mass is 32.1. The lowest BCUT2D eigenvalue weighted by Gasteiger charge is -2.28. The third-order valence-electron chi connectivity index (χ3n) is 12.6. The number of carbonyl (C=O) groups excluding carboxylic acids is 8. The summed E-state index contributed by atoms with van der Waals surface area (Å²) < 4.78 is 0. The van der Waals surface area contributed by atoms with E-state index in [2.05, 4.69) is 87.7 Å². The number of benzene rings is 1. The fraction of sp³-hybridized carbons (Fsp3) is 0.608. The average Bonchev–Trinajstić information content (AvgIpc) is 4.05. The predicted octanol–water partition coefficient (Wildman–Crippen LogP) is -4.54. The van der Waals surface area contributed by atoms with E-state index in [-0.39, 0.29) is 113 Å². The van der Waals surface area contributed by atoms with Gasteiger partial charge in [-0.05, 0) is 114 Å². The SMILES string of the molecule is CC(C)C[C@H](NC(=O)[C@H](CS)NC(=O)[C@H](CCCCN)NC(=O)[C@@H](N)Cc1ccc(O)cc1)C(=O)N[C@@H](Cc1cnc[nH]1)C(=O)N[C@@H](CCCCN)C(=O)N[C@@H](CCCN=C(N)N)C(=O)N[C@@H](CS)C(=O)N[C@@H](CCCN=C(N)N)C(=O)O. The molecule has 0 bridgehead atoms. The number of amides is 8. The molecule has 1 aromatic carbocycles. The smallest absolute Gasteiger partial charge is 0.326 e. The van der Waals surface area contributed by atoms with Crippen molar-refractivity contribution < 1.29 is 53.4 Å². The molecule has 0 saturated carbocycles. The second kappa shape index (κ2) is 39.1. The van der Waals surface area contributed by atoms with Gasteiger partial charge in [0.05, 0.1) is 12.4 Å². The van der Waals surface area contributed by atoms with E-state index in [9.17, 15) is 53.4 Å². The molecule has 0 saturated heterocycles. The maximum absolute atomic E-state index is 14.5. The molecule has 8 amide bonds. The van der Waals surface area contributed by atoms with Gasteiger partial charge in [-0.1, -0.05) is 26.0 Å². The van der Waals surface area contributed by atoms with Crippen LogP contribution in [-0.2, 0) is 56.0 Å². The summed E-state index contributed by atoms with van der Waals surface area (Å²) >= 11 is 8.53. The molecule has 30 nitrogen and oxygen atoms in total. The van der Waals surface area contributed by atoms with Gasteiger partial charge in [0.15, 0.2) is 11.9 Å². The van der Waals surface area contributed by atoms with Crippen LogP contribution in [0.15, 0.2) is 46.8 Å². The van der Waals surface area contributed by atoms with Crippen LogP contribution in [0.1, 0.15) is 95.7 Å². The van der Waals surface area contributed by atoms with Gasteiger partial charge in [0.1, 0.15) is 54.1 Å². The molecular weight excluding hydrogens is 1120 g/mol. The van der Waals surface area contributed by atoms with Crippen molar-refractivity contribution in [3.8, 4) is 5.75 Å². The van der Waals surface area contributed by atoms with Crippen LogP contribution < -0.4 is 82.7 Å². The number of phenolic OH excluding ortho intramolecular Hbond substituents is 1. The molecule has 0 aliphatic rings. The highest BCUT2D eigenvalue weighted by molar-refractivity contribution is 7.80. The summed E-state index contributed by atoms with van der Waals surface area (Å²) in [5.74, 6) is -8.94. The lowest BCUT2D eigenvalue weighted by Crippen LogP contribution is -2.61. The molecule has 0 aliphatic carbocycles. The molecule has 25 N–H and O–H groups in total. The van der Waals surface area contributed by atoms with Crippen molar-refractivity contribution in [2.75, 3.05) is 37.7 Å². The van der Waals surface area contributed by atoms with Crippen molar-refractivity contribution >= 4 is 90.4 Å². The van der Waals surface area contributed by atoms with Crippen molar-refractivity contribution in [1.29, 1.82) is 0 Å². The zero-order chi connectivity index (χ0) is 62.0. The number of hydrogen-bond donors (Lipinski definition) is 20. The topological polar surface area (TPSA) is 526 Å². The molecule has 1 heterocycles. The van der Waals surface area contributed by atoms with Gasteiger partial charge in [0.2, 0.25) is 47.3 Å². The van der Waals surface area contributed by atoms with Gasteiger partial charge in [-0.15, -0.1) is 0 Å². The van der Waals surface area contributed by atoms with Crippen LogP contribution in [0.3, 0.4) is 0 Å². The summed E-state index contributed by atoms with van der Waals surface area (Å²) in [6, 6.07) is -5.65. The van der Waals surface area contributed by atoms with Gasteiger partial charge in [0, 0.05) is 42.9 Å². The summed E-state index contributed by atoms with van der Waals surface area (Å²) in [4.78, 5) is 138. The van der Waals surface area contributed by atoms with Crippen molar-refractivity contribution in [2.45, 2.75) is 152 Å². The van der Waals surface area contributed by atoms with Crippen LogP contribution in [0.4, 0.5) is 0 Å². The van der Waals surface area contributed by atoms with Gasteiger partial charge in [-0.3, -0.25) is 48.3 Å². The maximum atomic E-state index is 14.5. The van der Waals surface area contributed by atoms with E-state index in [1.807, 2.05) is 0 Å². The molecule has 2 aromatic rings. The fourth-order valence-corrected chi connectivity index (χ4v) is 8.65. The standard InChI is InChI=1S/C51H87N19O11S2/c1-28(2)21-37(67-48(79)40(26-83)70-43(74)33(9-3-5-17-52)63-41(72)32(54)22-29-13-15-31(71)16-14-29)45(76)68-38(23-30-24-59-27-62-30)46(77)65-34(10-4-6-18-53)42(73)64-35(11-7-19-60-50(55)56)44(75)69-39(25-82)47(78)66-36(49(80)81)12-8-20-61-51(57)58/h13-16,24,27-28,32-40,71,82-83H,3-12,17-23,25-26,52-54H2,1-2H3,(H,59,62)(H,63,72)(H,64,73)(H,65,77)(H,66,78)(H,67,79)(H,68,76)(H,69,75)(H,70,74)(H,80,81)(H4,55,56,60)(H4,57,58,61)/t32-,33-,34-,35-,36-,37-,38-,39-,40-/m0/s1. The van der Waals surface area contributed by atoms with Crippen molar-refractivity contribution in [1.82, 2.24) is 52.5 Å². The highest BCUT2D eigenvalue weighted by Gasteiger charge is 2.35. The summed E-state index contributed by atoms with van der Waals surface area (Å²) in [6.07, 6.45) is 4.74. The van der Waals surface area contributed by atoms with E-state index in [0.717, 1.165) is 0 Å². The summed E-state index contributed by atoms with van der Waals surface area (Å²) in [7, 11) is 0. The number of guanidine groups is 2. The van der Waals surface area contributed by atoms with Crippen LogP contribution in [0.2, 0.25) is 0 Å². The number of carbonyl (C=O) groups is 9. The molecular formula is C51H87N19O11S2. The second-order valence-corrected chi connectivity index (χ2v) is 20.8. The Morgan fingerprint density at radius 2 is 0.928 bits per heavy atom. The number of phenols is 1. The lowest BCUT2D eigenvalue weighted by atomic mass is 10.0. The molecule has 32 heteroatoms. The first kappa shape index (κ1) is 71.7. The van der Waals surface area contributed by atoms with Crippen LogP contribution in [-0.4, -0.2) is 177 Å². The Balaban J connectivity index is 2.40. The number of aromatic amines is 1. The number of imidazole rings is 1. The Labute approximate surface area is 493 Å². The molecule has 0 unspecified atom stereocenters. The van der Waals surface area contributed by atoms with E-state index in [1.165, 1.54) is 24.7 Å². The fourth-order valence-electron chi connectivity index (χ4n) is 8.14. The van der Waals surface area contributed by atoms with Gasteiger partial charge >= 0.3 is 5.97 Å². The van der Waals surface area contributed by atoms with Crippen LogP contribution >= 0.6 is 25.3 Å². The summed E-state index contributed by atoms with van der Waals surface area (Å²) in [5.41, 5.74) is 40.5. The number of rotatable bonds is 41. The first-order chi connectivity index (χ1) is 39.4. The average molecular weight is 1210 g/mol. The van der Waals surface area contributed by atoms with Gasteiger partial charge < -0.3 is 97.9 Å². The largest absolute Gasteiger partial charge is 0.508 e. The molecule has 2 rings (SSSR count). The van der Waals surface area contributed by atoms with Crippen molar-refractivity contribution in [3.63, 3.8) is 0 Å². The Morgan fingerprint density at radius 3 is 1.35 bits per heavy atom. The number of nitrogens with zero attached hydrogens (tertiary/aromatic N) is 3. The number of unbranched alkanes of at least 4 members (excludes halogenated alkanes) is 2. The Hall–Kier alpha value is -7.42. The molecule has 83 heavy (non-hydrogen) atoms. The Morgan fingerprint density at radius 1 is 0.542 bits per heavy atom. The molecule has 464 valence electrons. The highest BCUT2D eigenvalue weighted by Crippen LogP contribution is 2.14. The minimum Gasteiger partial charge on any atom is -0.508 e. The number of thiol groups is 2. The number of aromatic hydroxyl groups is 1. The van der Waals surface area contributed by atoms with Gasteiger partial charge in [0.25, 0.3) is 0 Å². The number of H-pyrrole nitrogens is 1. The third-order valence-corrected chi connectivity index (χ3v) is 13.3. The van der Waals surface area contributed by atoms with Crippen LogP contribution in [0, 0.1) is 5.92 Å². The molecule has 0 fully saturated rings. The lowest BCUT2D eigenvalue weighted by molar-refractivity contribution is -0.142. The first-order valence-electron chi connectivity index (χ1n) is 27.3. The number of carboxylic acid groups (broad SMARTS) is 1. The third kappa shape index (κ3) is 28.4. The molecule has 0 spiro atoms. The number of hydrogen-bond acceptors (Lipinski definition) is 18. The number of aromatic nitrogens is 2. The first-order valence-corrected chi connectivity index (χ1v) is 28.6. The molecule has 9 atom stereocenters. The van der Waals surface area contributed by atoms with E-state index < -0.39 is 108 Å². The van der Waals surface area contributed by atoms with Crippen LogP contribution in [0.5, 0.6) is 5.75 Å². The zero-order valence-corrected chi connectivity index (χ0v) is 48.8. The summed E-state index contributed by atoms with van der Waals surface area (Å²) in [5, 5.41) is 40.4. The van der Waals surface area contributed by atoms with E-state index in [1.54, 1.807) is 26.0 Å². The number of aliphatic imine (C=N–C) groups is 2. The van der Waals surface area contributed by atoms with E-state index in [0.29, 0.717) is 43.5 Å². The number of nitrogens with one attached hydrogen (secondary N) is 9. The second-order valence-electron chi connectivity index (χ2n) is 20.0. The predicted molar refractivity (Wildman–Crippen MR) is 318 cm³/mol. The van der Waals surface area contributed by atoms with Gasteiger partial charge in [-0.2, -0.15) is 25.3 Å². The maximum Gasteiger partial charge on any atom is 0.326 e. The minimum atomic E-state index is -1.42. The van der Waals surface area contributed by atoms with Crippen LogP contribution in [0.25, 0.3) is 0 Å². The van der Waals surface area contributed by atoms with Gasteiger partial charge in [-0.25, -0.2) is 9.78 Å². The Kier molecular flexibility index (Phi) is 33.8. The molecule has 0 aliphatic heterocycles. The quantitative estimate of drug-likeness (QED) is 0.0129. The van der Waals surface area contributed by atoms with Crippen molar-refractivity contribution in [3.05, 3.63) is 48.0 Å². The van der Waals surface area contributed by atoms with E-state index >= 15 is 0 Å². The number of aliphatic carboxylic acids is 1. The number of carboxylic acids is 1. The number of nitrogens with two attached hydrogens (primary N) is 7. The summed E-state index contributed by atoms with van der Waals surface area (Å²) in [6.45, 7) is 4.26. The zero-order valence-electron chi connectivity index (χ0n) is 47.0. The Bertz CT molecular complexity index is 2430. The van der Waals surface area contributed by atoms with E-state index in [4.69, 9.17) is 40.1 Å². The van der Waals surface area contributed by atoms with Crippen molar-refractivity contribution in [2.24, 2.45) is 56.0 Å². The molecule has 1 aromatic heterocycles.